The molecule has 5 N–H and O–H groups in total. The van der Waals surface area contributed by atoms with E-state index in [2.05, 4.69) is 15.2 Å². The summed E-state index contributed by atoms with van der Waals surface area (Å²) < 4.78 is 1.45. The molecule has 1 aromatic heterocycles. The molecule has 2 fully saturated rings. The number of aromatic nitrogens is 2. The van der Waals surface area contributed by atoms with Crippen LogP contribution in [-0.4, -0.2) is 93.6 Å². The standard InChI is InChI=1S/C27H40N8O3/c1-19-17-33(24(36)27(2,3)29)14-15-34(19)25(37)30-23-10-13-35(26(38)31-23)22-6-4-20(5-7-22)8-11-32-12-9-21(16-28)18-32/h4-7,10,13,19,21H,8-9,11-12,14-18,28-29H2,1-3H3,(H,30,31,37,38)/t19-,21+/m1/s1. The van der Waals surface area contributed by atoms with Crippen LogP contribution >= 0.6 is 0 Å². The zero-order valence-electron chi connectivity index (χ0n) is 22.6. The summed E-state index contributed by atoms with van der Waals surface area (Å²) in [7, 11) is 0. The summed E-state index contributed by atoms with van der Waals surface area (Å²) in [4.78, 5) is 47.9. The van der Waals surface area contributed by atoms with Gasteiger partial charge in [-0.3, -0.25) is 14.7 Å². The van der Waals surface area contributed by atoms with Gasteiger partial charge in [0.2, 0.25) is 5.91 Å². The Bertz CT molecular complexity index is 1190. The van der Waals surface area contributed by atoms with Gasteiger partial charge in [0.05, 0.1) is 11.2 Å². The largest absolute Gasteiger partial charge is 0.354 e. The van der Waals surface area contributed by atoms with Gasteiger partial charge in [0.25, 0.3) is 0 Å². The van der Waals surface area contributed by atoms with E-state index < -0.39 is 11.2 Å². The molecule has 2 aromatic rings. The van der Waals surface area contributed by atoms with Crippen molar-refractivity contribution in [2.75, 3.05) is 51.1 Å². The summed E-state index contributed by atoms with van der Waals surface area (Å²) in [5.41, 5.74) is 12.2. The van der Waals surface area contributed by atoms with Crippen LogP contribution in [0, 0.1) is 5.92 Å². The molecule has 1 aromatic carbocycles. The number of amides is 3. The summed E-state index contributed by atoms with van der Waals surface area (Å²) >= 11 is 0. The number of nitrogens with one attached hydrogen (secondary N) is 1. The summed E-state index contributed by atoms with van der Waals surface area (Å²) in [5.74, 6) is 0.649. The Balaban J connectivity index is 1.32. The number of anilines is 1. The second-order valence-electron chi connectivity index (χ2n) is 11.0. The molecule has 0 saturated carbocycles. The first-order valence-corrected chi connectivity index (χ1v) is 13.3. The van der Waals surface area contributed by atoms with Crippen molar-refractivity contribution in [3.05, 3.63) is 52.6 Å². The van der Waals surface area contributed by atoms with E-state index in [1.807, 2.05) is 31.2 Å². The van der Waals surface area contributed by atoms with E-state index in [0.717, 1.165) is 32.6 Å². The van der Waals surface area contributed by atoms with Crippen LogP contribution in [0.15, 0.2) is 41.3 Å². The van der Waals surface area contributed by atoms with Crippen LogP contribution in [0.1, 0.15) is 32.8 Å². The molecule has 2 saturated heterocycles. The summed E-state index contributed by atoms with van der Waals surface area (Å²) in [6.07, 6.45) is 3.73. The van der Waals surface area contributed by atoms with Crippen LogP contribution in [0.3, 0.4) is 0 Å². The van der Waals surface area contributed by atoms with E-state index in [-0.39, 0.29) is 23.8 Å². The van der Waals surface area contributed by atoms with Gasteiger partial charge < -0.3 is 26.2 Å². The zero-order chi connectivity index (χ0) is 27.4. The van der Waals surface area contributed by atoms with E-state index in [0.29, 0.717) is 31.2 Å². The Kier molecular flexibility index (Phi) is 8.49. The van der Waals surface area contributed by atoms with Crippen LogP contribution in [0.25, 0.3) is 5.69 Å². The minimum atomic E-state index is -0.958. The Morgan fingerprint density at radius 2 is 1.84 bits per heavy atom. The Morgan fingerprint density at radius 3 is 2.45 bits per heavy atom. The molecule has 0 unspecified atom stereocenters. The number of nitrogens with two attached hydrogens (primary N) is 2. The Morgan fingerprint density at radius 1 is 1.11 bits per heavy atom. The molecule has 3 heterocycles. The van der Waals surface area contributed by atoms with Crippen LogP contribution in [-0.2, 0) is 11.2 Å². The quantitative estimate of drug-likeness (QED) is 0.487. The van der Waals surface area contributed by atoms with Crippen LogP contribution in [0.5, 0.6) is 0 Å². The molecule has 2 aliphatic heterocycles. The molecular formula is C27H40N8O3. The molecule has 3 amide bonds. The van der Waals surface area contributed by atoms with Crippen molar-refractivity contribution in [1.82, 2.24) is 24.3 Å². The molecule has 0 radical (unpaired) electrons. The van der Waals surface area contributed by atoms with Gasteiger partial charge in [-0.15, -0.1) is 0 Å². The number of carbonyl (C=O) groups excluding carboxylic acids is 2. The molecule has 38 heavy (non-hydrogen) atoms. The van der Waals surface area contributed by atoms with Gasteiger partial charge >= 0.3 is 11.7 Å². The maximum Gasteiger partial charge on any atom is 0.354 e. The highest BCUT2D eigenvalue weighted by Crippen LogP contribution is 2.17. The number of nitrogens with zero attached hydrogens (tertiary/aromatic N) is 5. The highest BCUT2D eigenvalue weighted by Gasteiger charge is 2.34. The molecule has 0 bridgehead atoms. The van der Waals surface area contributed by atoms with E-state index in [1.165, 1.54) is 16.6 Å². The molecule has 0 spiro atoms. The van der Waals surface area contributed by atoms with Crippen LogP contribution in [0.4, 0.5) is 10.6 Å². The lowest BCUT2D eigenvalue weighted by Gasteiger charge is -2.41. The molecule has 11 heteroatoms. The predicted molar refractivity (Wildman–Crippen MR) is 147 cm³/mol. The number of hydrogen-bond donors (Lipinski definition) is 3. The highest BCUT2D eigenvalue weighted by molar-refractivity contribution is 5.89. The van der Waals surface area contributed by atoms with Crippen molar-refractivity contribution in [3.8, 4) is 5.69 Å². The Labute approximate surface area is 223 Å². The SMILES string of the molecule is C[C@@H]1CN(C(=O)C(C)(C)N)CCN1C(=O)Nc1ccn(-c2ccc(CCN3CC[C@@H](CN)C3)cc2)c(=O)n1. The molecule has 0 aliphatic carbocycles. The van der Waals surface area contributed by atoms with Gasteiger partial charge in [-0.05, 0) is 76.4 Å². The number of carbonyl (C=O) groups is 2. The second kappa shape index (κ2) is 11.6. The molecule has 11 nitrogen and oxygen atoms in total. The van der Waals surface area contributed by atoms with Gasteiger partial charge in [0.15, 0.2) is 0 Å². The Hall–Kier alpha value is -3.28. The first-order chi connectivity index (χ1) is 18.0. The van der Waals surface area contributed by atoms with E-state index in [4.69, 9.17) is 11.5 Å². The minimum Gasteiger partial charge on any atom is -0.337 e. The number of benzene rings is 1. The lowest BCUT2D eigenvalue weighted by Crippen LogP contribution is -2.61. The van der Waals surface area contributed by atoms with Crippen molar-refractivity contribution in [2.24, 2.45) is 17.4 Å². The predicted octanol–water partition coefficient (Wildman–Crippen LogP) is 0.858. The third-order valence-electron chi connectivity index (χ3n) is 7.40. The summed E-state index contributed by atoms with van der Waals surface area (Å²) in [6.45, 7) is 10.3. The highest BCUT2D eigenvalue weighted by atomic mass is 16.2. The smallest absolute Gasteiger partial charge is 0.337 e. The summed E-state index contributed by atoms with van der Waals surface area (Å²) in [6, 6.07) is 8.93. The van der Waals surface area contributed by atoms with Crippen molar-refractivity contribution in [2.45, 2.75) is 45.2 Å². The molecule has 2 aliphatic rings. The molecule has 2 atom stereocenters. The first kappa shape index (κ1) is 27.7. The number of piperazine rings is 1. The lowest BCUT2D eigenvalue weighted by molar-refractivity contribution is -0.138. The van der Waals surface area contributed by atoms with Gasteiger partial charge in [-0.25, -0.2) is 9.59 Å². The average molecular weight is 525 g/mol. The molecular weight excluding hydrogens is 484 g/mol. The molecule has 4 rings (SSSR count). The van der Waals surface area contributed by atoms with Gasteiger partial charge in [-0.1, -0.05) is 12.1 Å². The monoisotopic (exact) mass is 524 g/mol. The van der Waals surface area contributed by atoms with Crippen LogP contribution < -0.4 is 22.5 Å². The van der Waals surface area contributed by atoms with Gasteiger partial charge in [0, 0.05) is 45.0 Å². The fraction of sp³-hybridized carbons (Fsp3) is 0.556. The van der Waals surface area contributed by atoms with E-state index in [1.54, 1.807) is 35.9 Å². The van der Waals surface area contributed by atoms with Gasteiger partial charge in [-0.2, -0.15) is 4.98 Å². The first-order valence-electron chi connectivity index (χ1n) is 13.3. The van der Waals surface area contributed by atoms with E-state index >= 15 is 0 Å². The van der Waals surface area contributed by atoms with Gasteiger partial charge in [0.1, 0.15) is 5.82 Å². The van der Waals surface area contributed by atoms with Crippen molar-refractivity contribution in [3.63, 3.8) is 0 Å². The number of rotatable bonds is 7. The molecule has 206 valence electrons. The fourth-order valence-corrected chi connectivity index (χ4v) is 5.12. The van der Waals surface area contributed by atoms with Crippen molar-refractivity contribution in [1.29, 1.82) is 0 Å². The van der Waals surface area contributed by atoms with Crippen LogP contribution in [0.2, 0.25) is 0 Å². The summed E-state index contributed by atoms with van der Waals surface area (Å²) in [5, 5.41) is 2.72. The maximum absolute atomic E-state index is 12.9. The minimum absolute atomic E-state index is 0.144. The zero-order valence-corrected chi connectivity index (χ0v) is 22.6. The lowest BCUT2D eigenvalue weighted by atomic mass is 10.0. The topological polar surface area (TPSA) is 143 Å². The average Bonchev–Trinajstić information content (AvgIpc) is 3.35. The third-order valence-corrected chi connectivity index (χ3v) is 7.40. The maximum atomic E-state index is 12.9. The second-order valence-corrected chi connectivity index (χ2v) is 11.0. The normalized spacial score (nSPS) is 20.6. The third kappa shape index (κ3) is 6.58. The van der Waals surface area contributed by atoms with Crippen molar-refractivity contribution < 1.29 is 9.59 Å². The van der Waals surface area contributed by atoms with Crippen molar-refractivity contribution >= 4 is 17.8 Å². The number of urea groups is 1. The fourth-order valence-electron chi connectivity index (χ4n) is 5.12. The number of hydrogen-bond acceptors (Lipinski definition) is 7. The van der Waals surface area contributed by atoms with E-state index in [9.17, 15) is 14.4 Å². The number of likely N-dealkylation sites (tertiary alicyclic amines) is 1.